The van der Waals surface area contributed by atoms with Crippen LogP contribution in [0.1, 0.15) is 28.4 Å². The molecule has 2 aromatic rings. The van der Waals surface area contributed by atoms with Crippen LogP contribution in [0.3, 0.4) is 0 Å². The average molecular weight is 258 g/mol. The molecule has 0 atom stereocenters. The highest BCUT2D eigenvalue weighted by Crippen LogP contribution is 2.28. The number of carbonyl (C=O) groups is 1. The Kier molecular flexibility index (Phi) is 3.65. The van der Waals surface area contributed by atoms with E-state index in [0.29, 0.717) is 17.1 Å². The van der Waals surface area contributed by atoms with E-state index < -0.39 is 5.82 Å². The molecule has 0 fully saturated rings. The Morgan fingerprint density at radius 1 is 1.11 bits per heavy atom. The Labute approximate surface area is 111 Å². The van der Waals surface area contributed by atoms with Gasteiger partial charge in [0.1, 0.15) is 17.3 Å². The van der Waals surface area contributed by atoms with Gasteiger partial charge in [0.15, 0.2) is 5.78 Å². The summed E-state index contributed by atoms with van der Waals surface area (Å²) in [7, 11) is 0. The number of hydrogen-bond acceptors (Lipinski definition) is 2. The molecule has 2 aromatic carbocycles. The summed E-state index contributed by atoms with van der Waals surface area (Å²) in [6.07, 6.45) is 0. The summed E-state index contributed by atoms with van der Waals surface area (Å²) in [5.41, 5.74) is 1.82. The minimum atomic E-state index is -0.401. The molecule has 0 bridgehead atoms. The quantitative estimate of drug-likeness (QED) is 0.761. The normalized spacial score (nSPS) is 10.3. The van der Waals surface area contributed by atoms with Crippen molar-refractivity contribution in [3.63, 3.8) is 0 Å². The molecule has 98 valence electrons. The standard InChI is InChI=1S/C16H15FO2/c1-10-4-6-13(7-5-10)19-16-8-11(2)15(17)9-14(16)12(3)18/h4-9H,1-3H3. The van der Waals surface area contributed by atoms with Gasteiger partial charge in [0.05, 0.1) is 5.56 Å². The van der Waals surface area contributed by atoms with Gasteiger partial charge < -0.3 is 4.74 Å². The van der Waals surface area contributed by atoms with Crippen molar-refractivity contribution >= 4 is 5.78 Å². The molecule has 0 spiro atoms. The summed E-state index contributed by atoms with van der Waals surface area (Å²) in [6, 6.07) is 10.2. The number of ketones is 1. The zero-order valence-electron chi connectivity index (χ0n) is 11.2. The minimum Gasteiger partial charge on any atom is -0.457 e. The fourth-order valence-electron chi connectivity index (χ4n) is 1.75. The second kappa shape index (κ2) is 5.22. The topological polar surface area (TPSA) is 26.3 Å². The predicted octanol–water partition coefficient (Wildman–Crippen LogP) is 4.44. The second-order valence-electron chi connectivity index (χ2n) is 4.57. The fourth-order valence-corrected chi connectivity index (χ4v) is 1.75. The molecule has 0 N–H and O–H groups in total. The van der Waals surface area contributed by atoms with Crippen molar-refractivity contribution in [2.75, 3.05) is 0 Å². The van der Waals surface area contributed by atoms with E-state index >= 15 is 0 Å². The number of ether oxygens (including phenoxy) is 1. The molecular weight excluding hydrogens is 243 g/mol. The van der Waals surface area contributed by atoms with E-state index in [1.807, 2.05) is 31.2 Å². The molecule has 0 heterocycles. The summed E-state index contributed by atoms with van der Waals surface area (Å²) < 4.78 is 19.2. The Morgan fingerprint density at radius 3 is 2.32 bits per heavy atom. The van der Waals surface area contributed by atoms with Crippen LogP contribution in [0.4, 0.5) is 4.39 Å². The fraction of sp³-hybridized carbons (Fsp3) is 0.188. The SMILES string of the molecule is CC(=O)c1cc(F)c(C)cc1Oc1ccc(C)cc1. The van der Waals surface area contributed by atoms with E-state index in [-0.39, 0.29) is 11.3 Å². The summed E-state index contributed by atoms with van der Waals surface area (Å²) >= 11 is 0. The molecular formula is C16H15FO2. The minimum absolute atomic E-state index is 0.221. The number of aryl methyl sites for hydroxylation is 2. The monoisotopic (exact) mass is 258 g/mol. The van der Waals surface area contributed by atoms with Crippen molar-refractivity contribution in [1.29, 1.82) is 0 Å². The lowest BCUT2D eigenvalue weighted by Crippen LogP contribution is -1.99. The molecule has 0 unspecified atom stereocenters. The molecule has 3 heteroatoms. The Morgan fingerprint density at radius 2 is 1.74 bits per heavy atom. The number of halogens is 1. The summed E-state index contributed by atoms with van der Waals surface area (Å²) in [5, 5.41) is 0. The molecule has 0 aromatic heterocycles. The third kappa shape index (κ3) is 2.99. The predicted molar refractivity (Wildman–Crippen MR) is 72.4 cm³/mol. The van der Waals surface area contributed by atoms with Crippen molar-refractivity contribution < 1.29 is 13.9 Å². The first-order valence-electron chi connectivity index (χ1n) is 6.03. The van der Waals surface area contributed by atoms with Crippen LogP contribution in [0, 0.1) is 19.7 Å². The van der Waals surface area contributed by atoms with Gasteiger partial charge in [0, 0.05) is 0 Å². The summed E-state index contributed by atoms with van der Waals surface area (Å²) in [5.74, 6) is 0.386. The number of hydrogen-bond donors (Lipinski definition) is 0. The average Bonchev–Trinajstić information content (AvgIpc) is 2.36. The van der Waals surface area contributed by atoms with Gasteiger partial charge >= 0.3 is 0 Å². The molecule has 0 aliphatic rings. The van der Waals surface area contributed by atoms with Crippen LogP contribution in [0.15, 0.2) is 36.4 Å². The van der Waals surface area contributed by atoms with Crippen molar-refractivity contribution in [2.45, 2.75) is 20.8 Å². The van der Waals surface area contributed by atoms with Crippen LogP contribution in [-0.2, 0) is 0 Å². The molecule has 0 amide bonds. The van der Waals surface area contributed by atoms with Crippen LogP contribution >= 0.6 is 0 Å². The van der Waals surface area contributed by atoms with E-state index in [1.54, 1.807) is 13.0 Å². The first-order chi connectivity index (χ1) is 8.97. The third-order valence-electron chi connectivity index (χ3n) is 2.89. The second-order valence-corrected chi connectivity index (χ2v) is 4.57. The first kappa shape index (κ1) is 13.3. The van der Waals surface area contributed by atoms with Crippen LogP contribution in [0.5, 0.6) is 11.5 Å². The highest BCUT2D eigenvalue weighted by atomic mass is 19.1. The third-order valence-corrected chi connectivity index (χ3v) is 2.89. The van der Waals surface area contributed by atoms with E-state index in [0.717, 1.165) is 5.56 Å². The Hall–Kier alpha value is -2.16. The van der Waals surface area contributed by atoms with Gasteiger partial charge in [0.2, 0.25) is 0 Å². The zero-order valence-corrected chi connectivity index (χ0v) is 11.2. The lowest BCUT2D eigenvalue weighted by atomic mass is 10.1. The van der Waals surface area contributed by atoms with Gasteiger partial charge in [-0.2, -0.15) is 0 Å². The summed E-state index contributed by atoms with van der Waals surface area (Å²) in [6.45, 7) is 5.01. The van der Waals surface area contributed by atoms with E-state index in [2.05, 4.69) is 0 Å². The van der Waals surface area contributed by atoms with Gasteiger partial charge in [-0.15, -0.1) is 0 Å². The zero-order chi connectivity index (χ0) is 14.0. The van der Waals surface area contributed by atoms with Crippen molar-refractivity contribution in [3.8, 4) is 11.5 Å². The van der Waals surface area contributed by atoms with Crippen molar-refractivity contribution in [3.05, 3.63) is 58.9 Å². The van der Waals surface area contributed by atoms with Crippen LogP contribution in [-0.4, -0.2) is 5.78 Å². The Bertz CT molecular complexity index is 615. The van der Waals surface area contributed by atoms with Gasteiger partial charge in [-0.25, -0.2) is 4.39 Å². The number of benzene rings is 2. The largest absolute Gasteiger partial charge is 0.457 e. The van der Waals surface area contributed by atoms with E-state index in [1.165, 1.54) is 13.0 Å². The number of carbonyl (C=O) groups excluding carboxylic acids is 1. The number of Topliss-reactive ketones (excluding diaryl/α,β-unsaturated/α-hetero) is 1. The molecule has 19 heavy (non-hydrogen) atoms. The van der Waals surface area contributed by atoms with Crippen LogP contribution in [0.25, 0.3) is 0 Å². The molecule has 0 aliphatic carbocycles. The highest BCUT2D eigenvalue weighted by Gasteiger charge is 2.13. The Balaban J connectivity index is 2.41. The molecule has 0 saturated carbocycles. The van der Waals surface area contributed by atoms with Gasteiger partial charge in [-0.3, -0.25) is 4.79 Å². The maximum absolute atomic E-state index is 13.5. The summed E-state index contributed by atoms with van der Waals surface area (Å²) in [4.78, 5) is 11.5. The first-order valence-corrected chi connectivity index (χ1v) is 6.03. The molecule has 2 rings (SSSR count). The molecule has 0 radical (unpaired) electrons. The molecule has 0 saturated heterocycles. The smallest absolute Gasteiger partial charge is 0.163 e. The molecule has 2 nitrogen and oxygen atoms in total. The maximum Gasteiger partial charge on any atom is 0.163 e. The van der Waals surface area contributed by atoms with Crippen molar-refractivity contribution in [2.24, 2.45) is 0 Å². The van der Waals surface area contributed by atoms with Gasteiger partial charge in [0.25, 0.3) is 0 Å². The lowest BCUT2D eigenvalue weighted by molar-refractivity contribution is 0.101. The van der Waals surface area contributed by atoms with Crippen LogP contribution < -0.4 is 4.74 Å². The molecule has 0 aliphatic heterocycles. The van der Waals surface area contributed by atoms with Crippen LogP contribution in [0.2, 0.25) is 0 Å². The van der Waals surface area contributed by atoms with Gasteiger partial charge in [-0.1, -0.05) is 17.7 Å². The maximum atomic E-state index is 13.5. The number of rotatable bonds is 3. The van der Waals surface area contributed by atoms with E-state index in [9.17, 15) is 9.18 Å². The lowest BCUT2D eigenvalue weighted by Gasteiger charge is -2.11. The van der Waals surface area contributed by atoms with E-state index in [4.69, 9.17) is 4.74 Å². The highest BCUT2D eigenvalue weighted by molar-refractivity contribution is 5.97. The van der Waals surface area contributed by atoms with Crippen molar-refractivity contribution in [1.82, 2.24) is 0 Å². The van der Waals surface area contributed by atoms with Gasteiger partial charge in [-0.05, 0) is 50.6 Å².